The van der Waals surface area contributed by atoms with Gasteiger partial charge in [-0.3, -0.25) is 4.79 Å². The Bertz CT molecular complexity index is 1070. The molecule has 5 rings (SSSR count). The zero-order chi connectivity index (χ0) is 24.6. The third kappa shape index (κ3) is 4.71. The topological polar surface area (TPSA) is 66.9 Å². The number of hydrogen-bond acceptors (Lipinski definition) is 6. The summed E-state index contributed by atoms with van der Waals surface area (Å²) in [5, 5.41) is 3.36. The molecule has 2 aromatic rings. The van der Waals surface area contributed by atoms with Gasteiger partial charge in [0.15, 0.2) is 0 Å². The molecular formula is C26H32F2N4O3. The van der Waals surface area contributed by atoms with Crippen LogP contribution in [0.4, 0.5) is 31.7 Å². The lowest BCUT2D eigenvalue weighted by Gasteiger charge is -2.39. The number of amides is 1. The van der Waals surface area contributed by atoms with Gasteiger partial charge in [-0.25, -0.2) is 13.8 Å². The van der Waals surface area contributed by atoms with Crippen molar-refractivity contribution in [3.8, 4) is 0 Å². The van der Waals surface area contributed by atoms with Crippen LogP contribution in [0.1, 0.15) is 37.7 Å². The van der Waals surface area contributed by atoms with Crippen molar-refractivity contribution in [3.05, 3.63) is 42.1 Å². The Labute approximate surface area is 204 Å². The molecule has 2 aliphatic heterocycles. The zero-order valence-corrected chi connectivity index (χ0v) is 20.2. The van der Waals surface area contributed by atoms with E-state index in [2.05, 4.69) is 10.3 Å². The van der Waals surface area contributed by atoms with Crippen molar-refractivity contribution in [3.63, 3.8) is 0 Å². The van der Waals surface area contributed by atoms with E-state index in [4.69, 9.17) is 9.47 Å². The van der Waals surface area contributed by atoms with Crippen LogP contribution in [-0.2, 0) is 20.8 Å². The Hall–Kier alpha value is -2.78. The van der Waals surface area contributed by atoms with Crippen molar-refractivity contribution in [2.24, 2.45) is 5.92 Å². The summed E-state index contributed by atoms with van der Waals surface area (Å²) < 4.78 is 39.8. The Morgan fingerprint density at radius 1 is 1.11 bits per heavy atom. The van der Waals surface area contributed by atoms with E-state index in [-0.39, 0.29) is 24.3 Å². The first kappa shape index (κ1) is 23.9. The maximum absolute atomic E-state index is 14.6. The second kappa shape index (κ2) is 9.70. The number of alkyl halides is 2. The molecule has 1 saturated heterocycles. The van der Waals surface area contributed by atoms with Crippen LogP contribution < -0.4 is 15.1 Å². The van der Waals surface area contributed by atoms with E-state index in [1.54, 1.807) is 23.1 Å². The van der Waals surface area contributed by atoms with Crippen molar-refractivity contribution < 1.29 is 23.0 Å². The minimum atomic E-state index is -2.95. The summed E-state index contributed by atoms with van der Waals surface area (Å²) in [6.45, 7) is 0.406. The summed E-state index contributed by atoms with van der Waals surface area (Å²) in [6, 6.07) is 9.36. The molecule has 1 atom stereocenters. The molecule has 1 saturated carbocycles. The number of pyridine rings is 1. The molecule has 1 amide bonds. The number of nitrogens with one attached hydrogen (secondary N) is 1. The summed E-state index contributed by atoms with van der Waals surface area (Å²) in [7, 11) is 3.05. The van der Waals surface area contributed by atoms with Crippen molar-refractivity contribution in [2.75, 3.05) is 42.4 Å². The molecule has 9 heteroatoms. The highest BCUT2D eigenvalue weighted by Crippen LogP contribution is 2.41. The summed E-state index contributed by atoms with van der Waals surface area (Å²) in [5.74, 6) is -2.29. The number of fused-ring (bicyclic) bond motifs is 2. The predicted octanol–water partition coefficient (Wildman–Crippen LogP) is 4.74. The van der Waals surface area contributed by atoms with E-state index < -0.39 is 18.6 Å². The molecule has 1 aliphatic carbocycles. The van der Waals surface area contributed by atoms with Gasteiger partial charge < -0.3 is 24.6 Å². The Balaban J connectivity index is 1.47. The standard InChI is InChI=1S/C26H32F2N4O3/c1-34-20-8-5-17(6-9-20)25(33)32-15-18-4-3-12-29-24(18)30-21-10-7-19(14-22(21)32)31-13-11-23(35-2)26(27,28)16-31/h3-4,7,10,12,14,17,20,23H,5-6,8-9,11,13,15-16H2,1-2H3,(H,29,30)/t17-,20-,23?. The smallest absolute Gasteiger partial charge is 0.290 e. The molecule has 1 N–H and O–H groups in total. The molecule has 7 nitrogen and oxygen atoms in total. The molecule has 0 radical (unpaired) electrons. The molecule has 1 aromatic carbocycles. The molecule has 2 fully saturated rings. The normalized spacial score (nSPS) is 25.8. The fourth-order valence-electron chi connectivity index (χ4n) is 5.50. The van der Waals surface area contributed by atoms with Crippen LogP contribution >= 0.6 is 0 Å². The summed E-state index contributed by atoms with van der Waals surface area (Å²) in [4.78, 5) is 21.8. The van der Waals surface area contributed by atoms with Crippen molar-refractivity contribution in [2.45, 2.75) is 56.8 Å². The van der Waals surface area contributed by atoms with Crippen LogP contribution in [0.25, 0.3) is 0 Å². The lowest BCUT2D eigenvalue weighted by molar-refractivity contribution is -0.129. The predicted molar refractivity (Wildman–Crippen MR) is 130 cm³/mol. The third-order valence-corrected chi connectivity index (χ3v) is 7.55. The van der Waals surface area contributed by atoms with Crippen molar-refractivity contribution in [1.82, 2.24) is 4.98 Å². The monoisotopic (exact) mass is 486 g/mol. The van der Waals surface area contributed by atoms with E-state index in [9.17, 15) is 13.6 Å². The minimum absolute atomic E-state index is 0.0554. The van der Waals surface area contributed by atoms with Gasteiger partial charge in [-0.2, -0.15) is 0 Å². The Kier molecular flexibility index (Phi) is 6.63. The van der Waals surface area contributed by atoms with Gasteiger partial charge >= 0.3 is 0 Å². The number of carbonyl (C=O) groups excluding carboxylic acids is 1. The van der Waals surface area contributed by atoms with Gasteiger partial charge in [0, 0.05) is 44.1 Å². The lowest BCUT2D eigenvalue weighted by Crippen LogP contribution is -2.52. The van der Waals surface area contributed by atoms with Gasteiger partial charge in [0.2, 0.25) is 5.91 Å². The fourth-order valence-corrected chi connectivity index (χ4v) is 5.50. The SMILES string of the molecule is COC1CCN(c2ccc3c(c2)N(C(=O)[C@H]2CC[C@H](OC)CC2)Cc2cccnc2N3)CC1(F)F. The van der Waals surface area contributed by atoms with E-state index in [0.29, 0.717) is 30.3 Å². The van der Waals surface area contributed by atoms with Crippen LogP contribution in [-0.4, -0.2) is 56.3 Å². The number of anilines is 4. The number of carbonyl (C=O) groups is 1. The van der Waals surface area contributed by atoms with Crippen LogP contribution in [0, 0.1) is 5.92 Å². The molecule has 3 aliphatic rings. The highest BCUT2D eigenvalue weighted by molar-refractivity contribution is 6.00. The molecule has 1 unspecified atom stereocenters. The minimum Gasteiger partial charge on any atom is -0.381 e. The van der Waals surface area contributed by atoms with Gasteiger partial charge in [0.1, 0.15) is 11.9 Å². The number of rotatable bonds is 4. The molecule has 1 aromatic heterocycles. The summed E-state index contributed by atoms with van der Waals surface area (Å²) in [5.41, 5.74) is 3.01. The largest absolute Gasteiger partial charge is 0.381 e. The van der Waals surface area contributed by atoms with Crippen molar-refractivity contribution >= 4 is 28.8 Å². The van der Waals surface area contributed by atoms with E-state index in [0.717, 1.165) is 36.9 Å². The van der Waals surface area contributed by atoms with Gasteiger partial charge in [0.25, 0.3) is 5.92 Å². The average molecular weight is 487 g/mol. The van der Waals surface area contributed by atoms with Crippen LogP contribution in [0.15, 0.2) is 36.5 Å². The molecule has 3 heterocycles. The van der Waals surface area contributed by atoms with Gasteiger partial charge in [0.05, 0.1) is 30.6 Å². The number of ether oxygens (including phenoxy) is 2. The van der Waals surface area contributed by atoms with Crippen LogP contribution in [0.2, 0.25) is 0 Å². The van der Waals surface area contributed by atoms with Gasteiger partial charge in [-0.1, -0.05) is 6.07 Å². The Morgan fingerprint density at radius 2 is 1.91 bits per heavy atom. The second-order valence-electron chi connectivity index (χ2n) is 9.67. The average Bonchev–Trinajstić information content (AvgIpc) is 3.04. The van der Waals surface area contributed by atoms with Crippen LogP contribution in [0.3, 0.4) is 0 Å². The van der Waals surface area contributed by atoms with E-state index in [1.165, 1.54) is 7.11 Å². The number of aromatic nitrogens is 1. The first-order chi connectivity index (χ1) is 16.9. The lowest BCUT2D eigenvalue weighted by atomic mass is 9.86. The summed E-state index contributed by atoms with van der Waals surface area (Å²) in [6.07, 6.45) is 4.32. The Morgan fingerprint density at radius 3 is 2.63 bits per heavy atom. The van der Waals surface area contributed by atoms with Gasteiger partial charge in [-0.15, -0.1) is 0 Å². The first-order valence-corrected chi connectivity index (χ1v) is 12.2. The number of methoxy groups -OCH3 is 2. The fraction of sp³-hybridized carbons (Fsp3) is 0.538. The van der Waals surface area contributed by atoms with Crippen molar-refractivity contribution in [1.29, 1.82) is 0 Å². The first-order valence-electron chi connectivity index (χ1n) is 12.2. The van der Waals surface area contributed by atoms with Crippen LogP contribution in [0.5, 0.6) is 0 Å². The molecule has 0 spiro atoms. The number of halogens is 2. The number of piperidine rings is 1. The summed E-state index contributed by atoms with van der Waals surface area (Å²) >= 11 is 0. The van der Waals surface area contributed by atoms with E-state index in [1.807, 2.05) is 30.3 Å². The van der Waals surface area contributed by atoms with Gasteiger partial charge in [-0.05, 0) is 56.4 Å². The highest BCUT2D eigenvalue weighted by Gasteiger charge is 2.45. The maximum atomic E-state index is 14.6. The zero-order valence-electron chi connectivity index (χ0n) is 20.2. The molecule has 35 heavy (non-hydrogen) atoms. The van der Waals surface area contributed by atoms with E-state index >= 15 is 0 Å². The number of benzene rings is 1. The number of nitrogens with zero attached hydrogens (tertiary/aromatic N) is 3. The quantitative estimate of drug-likeness (QED) is 0.674. The molecule has 188 valence electrons. The highest BCUT2D eigenvalue weighted by atomic mass is 19.3. The number of hydrogen-bond donors (Lipinski definition) is 1. The second-order valence-corrected chi connectivity index (χ2v) is 9.67. The third-order valence-electron chi connectivity index (χ3n) is 7.55. The maximum Gasteiger partial charge on any atom is 0.290 e. The molecular weight excluding hydrogens is 454 g/mol. The molecule has 0 bridgehead atoms.